The second-order valence-electron chi connectivity index (χ2n) is 4.08. The van der Waals surface area contributed by atoms with Crippen molar-refractivity contribution < 1.29 is 9.15 Å². The smallest absolute Gasteiger partial charge is 0.247 e. The van der Waals surface area contributed by atoms with Crippen LogP contribution in [-0.4, -0.2) is 23.9 Å². The zero-order valence-corrected chi connectivity index (χ0v) is 10.6. The fourth-order valence-electron chi connectivity index (χ4n) is 1.68. The van der Waals surface area contributed by atoms with Crippen LogP contribution in [-0.2, 0) is 6.42 Å². The first-order valence-corrected chi connectivity index (χ1v) is 5.92. The lowest BCUT2D eigenvalue weighted by Gasteiger charge is -2.04. The van der Waals surface area contributed by atoms with Crippen molar-refractivity contribution in [3.05, 3.63) is 29.7 Å². The molecule has 0 aliphatic rings. The molecule has 2 rings (SSSR count). The molecule has 5 nitrogen and oxygen atoms in total. The van der Waals surface area contributed by atoms with E-state index in [4.69, 9.17) is 14.9 Å². The third kappa shape index (κ3) is 2.68. The Morgan fingerprint density at radius 2 is 2.17 bits per heavy atom. The van der Waals surface area contributed by atoms with E-state index in [1.807, 2.05) is 25.1 Å². The highest BCUT2D eigenvalue weighted by Gasteiger charge is 2.10. The van der Waals surface area contributed by atoms with Crippen LogP contribution in [0.1, 0.15) is 17.9 Å². The summed E-state index contributed by atoms with van der Waals surface area (Å²) in [6.45, 7) is 2.61. The Kier molecular flexibility index (Phi) is 3.94. The highest BCUT2D eigenvalue weighted by molar-refractivity contribution is 5.57. The average Bonchev–Trinajstić information content (AvgIpc) is 2.85. The van der Waals surface area contributed by atoms with Crippen LogP contribution in [0.4, 0.5) is 0 Å². The van der Waals surface area contributed by atoms with E-state index in [1.165, 1.54) is 0 Å². The topological polar surface area (TPSA) is 74.2 Å². The van der Waals surface area contributed by atoms with Gasteiger partial charge in [0.2, 0.25) is 11.8 Å². The highest BCUT2D eigenvalue weighted by Crippen LogP contribution is 2.26. The Balaban J connectivity index is 2.23. The molecule has 0 radical (unpaired) electrons. The number of nitrogens with two attached hydrogens (primary N) is 1. The maximum Gasteiger partial charge on any atom is 0.247 e. The van der Waals surface area contributed by atoms with E-state index in [9.17, 15) is 0 Å². The summed E-state index contributed by atoms with van der Waals surface area (Å²) in [5.74, 6) is 1.95. The molecule has 0 atom stereocenters. The van der Waals surface area contributed by atoms with Gasteiger partial charge in [-0.2, -0.15) is 0 Å². The lowest BCUT2D eigenvalue weighted by molar-refractivity contribution is 0.411. The Morgan fingerprint density at radius 3 is 2.89 bits per heavy atom. The SMILES string of the molecule is COc1cc(-c2nnc(CCCN)o2)ccc1C. The highest BCUT2D eigenvalue weighted by atomic mass is 16.5. The number of methoxy groups -OCH3 is 1. The van der Waals surface area contributed by atoms with Crippen molar-refractivity contribution in [2.75, 3.05) is 13.7 Å². The van der Waals surface area contributed by atoms with Crippen LogP contribution < -0.4 is 10.5 Å². The molecular weight excluding hydrogens is 230 g/mol. The number of hydrogen-bond donors (Lipinski definition) is 1. The van der Waals surface area contributed by atoms with Gasteiger partial charge in [0, 0.05) is 12.0 Å². The van der Waals surface area contributed by atoms with Gasteiger partial charge in [-0.3, -0.25) is 0 Å². The quantitative estimate of drug-likeness (QED) is 0.874. The summed E-state index contributed by atoms with van der Waals surface area (Å²) < 4.78 is 10.9. The predicted octanol–water partition coefficient (Wildman–Crippen LogP) is 1.94. The molecule has 0 bridgehead atoms. The average molecular weight is 247 g/mol. The predicted molar refractivity (Wildman–Crippen MR) is 68.4 cm³/mol. The molecule has 1 aromatic carbocycles. The van der Waals surface area contributed by atoms with Gasteiger partial charge in [0.05, 0.1) is 7.11 Å². The standard InChI is InChI=1S/C13H17N3O2/c1-9-5-6-10(8-11(9)17-2)13-16-15-12(18-13)4-3-7-14/h5-6,8H,3-4,7,14H2,1-2H3. The maximum atomic E-state index is 5.58. The van der Waals surface area contributed by atoms with Crippen molar-refractivity contribution in [3.63, 3.8) is 0 Å². The first kappa shape index (κ1) is 12.6. The van der Waals surface area contributed by atoms with Gasteiger partial charge in [-0.1, -0.05) is 6.07 Å². The zero-order chi connectivity index (χ0) is 13.0. The van der Waals surface area contributed by atoms with Crippen LogP contribution in [0, 0.1) is 6.92 Å². The minimum Gasteiger partial charge on any atom is -0.496 e. The van der Waals surface area contributed by atoms with Crippen LogP contribution in [0.5, 0.6) is 5.75 Å². The first-order chi connectivity index (χ1) is 8.74. The minimum absolute atomic E-state index is 0.514. The number of hydrogen-bond acceptors (Lipinski definition) is 5. The fourth-order valence-corrected chi connectivity index (χ4v) is 1.68. The van der Waals surface area contributed by atoms with Crippen molar-refractivity contribution in [1.82, 2.24) is 10.2 Å². The molecular formula is C13H17N3O2. The van der Waals surface area contributed by atoms with E-state index in [1.54, 1.807) is 7.11 Å². The normalized spacial score (nSPS) is 10.6. The second-order valence-corrected chi connectivity index (χ2v) is 4.08. The van der Waals surface area contributed by atoms with E-state index < -0.39 is 0 Å². The molecule has 0 amide bonds. The van der Waals surface area contributed by atoms with Gasteiger partial charge in [-0.05, 0) is 37.6 Å². The maximum absolute atomic E-state index is 5.58. The van der Waals surface area contributed by atoms with Crippen molar-refractivity contribution in [2.45, 2.75) is 19.8 Å². The number of aromatic nitrogens is 2. The van der Waals surface area contributed by atoms with E-state index in [0.29, 0.717) is 24.7 Å². The van der Waals surface area contributed by atoms with Crippen LogP contribution >= 0.6 is 0 Å². The molecule has 0 saturated carbocycles. The third-order valence-electron chi connectivity index (χ3n) is 2.72. The third-order valence-corrected chi connectivity index (χ3v) is 2.72. The molecule has 0 aliphatic heterocycles. The first-order valence-electron chi connectivity index (χ1n) is 5.92. The zero-order valence-electron chi connectivity index (χ0n) is 10.6. The summed E-state index contributed by atoms with van der Waals surface area (Å²) in [6, 6.07) is 5.81. The molecule has 1 aromatic heterocycles. The van der Waals surface area contributed by atoms with Crippen LogP contribution in [0.3, 0.4) is 0 Å². The molecule has 18 heavy (non-hydrogen) atoms. The summed E-state index contributed by atoms with van der Waals surface area (Å²) in [5.41, 5.74) is 7.38. The Bertz CT molecular complexity index is 523. The molecule has 0 unspecified atom stereocenters. The summed E-state index contributed by atoms with van der Waals surface area (Å²) in [7, 11) is 1.65. The number of rotatable bonds is 5. The molecule has 0 aliphatic carbocycles. The molecule has 0 spiro atoms. The van der Waals surface area contributed by atoms with Crippen LogP contribution in [0.25, 0.3) is 11.5 Å². The van der Waals surface area contributed by atoms with Gasteiger partial charge in [-0.25, -0.2) is 0 Å². The summed E-state index contributed by atoms with van der Waals surface area (Å²) in [5, 5.41) is 8.03. The van der Waals surface area contributed by atoms with Crippen molar-refractivity contribution in [1.29, 1.82) is 0 Å². The van der Waals surface area contributed by atoms with E-state index in [-0.39, 0.29) is 0 Å². The van der Waals surface area contributed by atoms with E-state index in [0.717, 1.165) is 23.3 Å². The van der Waals surface area contributed by atoms with Gasteiger partial charge in [0.15, 0.2) is 0 Å². The monoisotopic (exact) mass is 247 g/mol. The Hall–Kier alpha value is -1.88. The molecule has 1 heterocycles. The van der Waals surface area contributed by atoms with Crippen molar-refractivity contribution in [2.24, 2.45) is 5.73 Å². The number of benzene rings is 1. The lowest BCUT2D eigenvalue weighted by atomic mass is 10.1. The van der Waals surface area contributed by atoms with Gasteiger partial charge in [-0.15, -0.1) is 10.2 Å². The Morgan fingerprint density at radius 1 is 1.33 bits per heavy atom. The van der Waals surface area contributed by atoms with Gasteiger partial charge >= 0.3 is 0 Å². The van der Waals surface area contributed by atoms with Crippen LogP contribution in [0.15, 0.2) is 22.6 Å². The molecule has 2 N–H and O–H groups in total. The molecule has 0 saturated heterocycles. The summed E-state index contributed by atoms with van der Waals surface area (Å²) >= 11 is 0. The van der Waals surface area contributed by atoms with Crippen molar-refractivity contribution >= 4 is 0 Å². The molecule has 96 valence electrons. The number of nitrogens with zero attached hydrogens (tertiary/aromatic N) is 2. The number of aryl methyl sites for hydroxylation is 2. The second kappa shape index (κ2) is 5.64. The van der Waals surface area contributed by atoms with E-state index in [2.05, 4.69) is 10.2 Å². The summed E-state index contributed by atoms with van der Waals surface area (Å²) in [4.78, 5) is 0. The van der Waals surface area contributed by atoms with Gasteiger partial charge < -0.3 is 14.9 Å². The molecule has 2 aromatic rings. The lowest BCUT2D eigenvalue weighted by Crippen LogP contribution is -2.00. The van der Waals surface area contributed by atoms with E-state index >= 15 is 0 Å². The van der Waals surface area contributed by atoms with Gasteiger partial charge in [0.1, 0.15) is 5.75 Å². The molecule has 5 heteroatoms. The summed E-state index contributed by atoms with van der Waals surface area (Å²) in [6.07, 6.45) is 1.56. The fraction of sp³-hybridized carbons (Fsp3) is 0.385. The van der Waals surface area contributed by atoms with Gasteiger partial charge in [0.25, 0.3) is 0 Å². The van der Waals surface area contributed by atoms with Crippen molar-refractivity contribution in [3.8, 4) is 17.2 Å². The number of ether oxygens (including phenoxy) is 1. The van der Waals surface area contributed by atoms with Crippen LogP contribution in [0.2, 0.25) is 0 Å². The Labute approximate surface area is 106 Å². The largest absolute Gasteiger partial charge is 0.496 e. The minimum atomic E-state index is 0.514. The molecule has 0 fully saturated rings.